The molecule has 2 aliphatic carbocycles. The van der Waals surface area contributed by atoms with Crippen molar-refractivity contribution in [3.05, 3.63) is 169 Å². The van der Waals surface area contributed by atoms with Crippen LogP contribution in [0.3, 0.4) is 0 Å². The summed E-state index contributed by atoms with van der Waals surface area (Å²) in [6, 6.07) is 58.7. The molecule has 0 nitrogen and oxygen atoms in total. The van der Waals surface area contributed by atoms with Crippen molar-refractivity contribution in [2.24, 2.45) is 0 Å². The minimum absolute atomic E-state index is 0.546. The summed E-state index contributed by atoms with van der Waals surface area (Å²) in [7, 11) is 0. The highest BCUT2D eigenvalue weighted by Gasteiger charge is 2.47. The lowest BCUT2D eigenvalue weighted by atomic mass is 9.76. The summed E-state index contributed by atoms with van der Waals surface area (Å²) in [6.07, 6.45) is 1.22. The quantitative estimate of drug-likeness (QED) is 0.185. The van der Waals surface area contributed by atoms with Gasteiger partial charge in [0.1, 0.15) is 0 Å². The summed E-state index contributed by atoms with van der Waals surface area (Å²) in [5, 5.41) is 7.85. The average molecular weight is 571 g/mol. The predicted octanol–water partition coefficient (Wildman–Crippen LogP) is 12.4. The molecule has 0 heteroatoms. The molecule has 210 valence electrons. The Hall–Kier alpha value is -5.46. The van der Waals surface area contributed by atoms with Gasteiger partial charge in [-0.1, -0.05) is 158 Å². The van der Waals surface area contributed by atoms with E-state index in [1.165, 1.54) is 94.4 Å². The zero-order valence-electron chi connectivity index (χ0n) is 24.9. The first-order valence-electron chi connectivity index (χ1n) is 16.1. The summed E-state index contributed by atoms with van der Waals surface area (Å²) in [5.41, 5.74) is 13.9. The summed E-state index contributed by atoms with van der Waals surface area (Å²) < 4.78 is 0. The first-order valence-corrected chi connectivity index (χ1v) is 16.1. The van der Waals surface area contributed by atoms with Gasteiger partial charge in [-0.3, -0.25) is 0 Å². The first kappa shape index (κ1) is 24.9. The van der Waals surface area contributed by atoms with Crippen LogP contribution in [-0.2, 0) is 0 Å². The summed E-state index contributed by atoms with van der Waals surface area (Å²) >= 11 is 0. The predicted molar refractivity (Wildman–Crippen MR) is 191 cm³/mol. The van der Waals surface area contributed by atoms with Crippen molar-refractivity contribution in [1.82, 2.24) is 0 Å². The second-order valence-electron chi connectivity index (χ2n) is 12.7. The van der Waals surface area contributed by atoms with E-state index in [0.717, 1.165) is 0 Å². The summed E-state index contributed by atoms with van der Waals surface area (Å²) in [6.45, 7) is 0. The Labute approximate surface area is 263 Å². The SMILES string of the molecule is c1ccc(-c2c3ccccc3c(-c3ccc(-c4cccc5ccccc45)c4c3-c3ccccc3C3CC43)c3ccccc23)cc1. The molecule has 2 unspecified atom stereocenters. The van der Waals surface area contributed by atoms with E-state index >= 15 is 0 Å². The molecule has 0 amide bonds. The van der Waals surface area contributed by atoms with Crippen LogP contribution in [0, 0.1) is 0 Å². The van der Waals surface area contributed by atoms with Gasteiger partial charge in [0.05, 0.1) is 0 Å². The molecule has 45 heavy (non-hydrogen) atoms. The van der Waals surface area contributed by atoms with Gasteiger partial charge in [0.2, 0.25) is 0 Å². The van der Waals surface area contributed by atoms with Crippen LogP contribution in [0.1, 0.15) is 29.4 Å². The zero-order chi connectivity index (χ0) is 29.5. The van der Waals surface area contributed by atoms with Crippen LogP contribution in [0.4, 0.5) is 0 Å². The van der Waals surface area contributed by atoms with Crippen LogP contribution in [-0.4, -0.2) is 0 Å². The molecule has 8 aromatic carbocycles. The van der Waals surface area contributed by atoms with Crippen LogP contribution in [0.25, 0.3) is 76.8 Å². The molecule has 0 spiro atoms. The maximum Gasteiger partial charge on any atom is -0.00200 e. The van der Waals surface area contributed by atoms with E-state index in [1.54, 1.807) is 0 Å². The van der Waals surface area contributed by atoms with E-state index in [9.17, 15) is 0 Å². The van der Waals surface area contributed by atoms with Gasteiger partial charge < -0.3 is 0 Å². The molecule has 2 aliphatic rings. The second-order valence-corrected chi connectivity index (χ2v) is 12.7. The molecular formula is C45H30. The molecule has 2 atom stereocenters. The van der Waals surface area contributed by atoms with Crippen molar-refractivity contribution in [1.29, 1.82) is 0 Å². The van der Waals surface area contributed by atoms with E-state index in [1.807, 2.05) is 0 Å². The number of hydrogen-bond donors (Lipinski definition) is 0. The lowest BCUT2D eigenvalue weighted by Gasteiger charge is -2.27. The molecule has 1 fully saturated rings. The Morgan fingerprint density at radius 2 is 0.889 bits per heavy atom. The fourth-order valence-electron chi connectivity index (χ4n) is 8.44. The third-order valence-corrected chi connectivity index (χ3v) is 10.4. The molecule has 0 aromatic heterocycles. The summed E-state index contributed by atoms with van der Waals surface area (Å²) in [5.74, 6) is 1.15. The monoisotopic (exact) mass is 570 g/mol. The molecule has 0 saturated heterocycles. The minimum atomic E-state index is 0.546. The van der Waals surface area contributed by atoms with Gasteiger partial charge >= 0.3 is 0 Å². The van der Waals surface area contributed by atoms with Gasteiger partial charge in [0, 0.05) is 0 Å². The van der Waals surface area contributed by atoms with Gasteiger partial charge in [0.25, 0.3) is 0 Å². The lowest BCUT2D eigenvalue weighted by molar-refractivity contribution is 1.01. The zero-order valence-corrected chi connectivity index (χ0v) is 24.9. The largest absolute Gasteiger partial charge is 0.0622 e. The van der Waals surface area contributed by atoms with Gasteiger partial charge in [0.15, 0.2) is 0 Å². The Bertz CT molecular complexity index is 2400. The smallest absolute Gasteiger partial charge is 0.00200 e. The Morgan fingerprint density at radius 1 is 0.333 bits per heavy atom. The number of benzene rings is 8. The number of rotatable bonds is 3. The van der Waals surface area contributed by atoms with Crippen LogP contribution >= 0.6 is 0 Å². The molecular weight excluding hydrogens is 540 g/mol. The normalized spacial score (nSPS) is 16.4. The number of fused-ring (bicyclic) bond motifs is 9. The molecule has 0 heterocycles. The summed E-state index contributed by atoms with van der Waals surface area (Å²) in [4.78, 5) is 0. The van der Waals surface area contributed by atoms with Crippen LogP contribution < -0.4 is 0 Å². The molecule has 0 aliphatic heterocycles. The Kier molecular flexibility index (Phi) is 5.27. The molecule has 1 saturated carbocycles. The van der Waals surface area contributed by atoms with Crippen molar-refractivity contribution in [2.45, 2.75) is 18.3 Å². The second kappa shape index (κ2) is 9.52. The van der Waals surface area contributed by atoms with Crippen molar-refractivity contribution in [3.8, 4) is 44.5 Å². The molecule has 0 bridgehead atoms. The maximum absolute atomic E-state index is 2.44. The van der Waals surface area contributed by atoms with Crippen molar-refractivity contribution in [3.63, 3.8) is 0 Å². The molecule has 8 aromatic rings. The van der Waals surface area contributed by atoms with E-state index in [2.05, 4.69) is 158 Å². The van der Waals surface area contributed by atoms with Gasteiger partial charge in [-0.25, -0.2) is 0 Å². The van der Waals surface area contributed by atoms with Crippen LogP contribution in [0.2, 0.25) is 0 Å². The Morgan fingerprint density at radius 3 is 1.64 bits per heavy atom. The van der Waals surface area contributed by atoms with E-state index in [4.69, 9.17) is 0 Å². The molecule has 0 radical (unpaired) electrons. The highest BCUT2D eigenvalue weighted by molar-refractivity contribution is 6.23. The van der Waals surface area contributed by atoms with Crippen LogP contribution in [0.15, 0.2) is 158 Å². The molecule has 10 rings (SSSR count). The fourth-order valence-corrected chi connectivity index (χ4v) is 8.44. The first-order chi connectivity index (χ1) is 22.4. The van der Waals surface area contributed by atoms with E-state index < -0.39 is 0 Å². The highest BCUT2D eigenvalue weighted by Crippen LogP contribution is 2.66. The minimum Gasteiger partial charge on any atom is -0.0622 e. The van der Waals surface area contributed by atoms with Crippen molar-refractivity contribution < 1.29 is 0 Å². The van der Waals surface area contributed by atoms with Crippen molar-refractivity contribution in [2.75, 3.05) is 0 Å². The topological polar surface area (TPSA) is 0 Å². The van der Waals surface area contributed by atoms with Gasteiger partial charge in [-0.2, -0.15) is 0 Å². The van der Waals surface area contributed by atoms with Gasteiger partial charge in [-0.15, -0.1) is 0 Å². The fraction of sp³-hybridized carbons (Fsp3) is 0.0667. The number of hydrogen-bond acceptors (Lipinski definition) is 0. The third-order valence-electron chi connectivity index (χ3n) is 10.4. The van der Waals surface area contributed by atoms with Crippen molar-refractivity contribution >= 4 is 32.3 Å². The van der Waals surface area contributed by atoms with Gasteiger partial charge in [-0.05, 0) is 106 Å². The lowest BCUT2D eigenvalue weighted by Crippen LogP contribution is -2.04. The van der Waals surface area contributed by atoms with Crippen LogP contribution in [0.5, 0.6) is 0 Å². The van der Waals surface area contributed by atoms with E-state index in [-0.39, 0.29) is 0 Å². The Balaban J connectivity index is 1.36. The maximum atomic E-state index is 2.44. The third kappa shape index (κ3) is 3.60. The average Bonchev–Trinajstić information content (AvgIpc) is 3.92. The molecule has 0 N–H and O–H groups in total. The van der Waals surface area contributed by atoms with E-state index in [0.29, 0.717) is 11.8 Å². The highest BCUT2D eigenvalue weighted by atomic mass is 14.5. The standard InChI is InChI=1S/C45H30/c1-2-14-29(15-3-1)42-34-20-8-10-22-36(34)43(37-23-11-9-21-35(37)42)39-26-25-38(31-24-12-16-28-13-4-5-17-30(28)31)45-41-27-40(41)32-18-6-7-19-33(32)44(39)45/h1-26,40-41H,27H2.